The number of halogens is 3. The van der Waals surface area contributed by atoms with Crippen molar-refractivity contribution in [1.82, 2.24) is 15.1 Å². The van der Waals surface area contributed by atoms with Crippen LogP contribution in [0.15, 0.2) is 18.2 Å². The topological polar surface area (TPSA) is 46.9 Å². The number of nitrogens with one attached hydrogen (secondary N) is 1. The zero-order valence-electron chi connectivity index (χ0n) is 12.1. The highest BCUT2D eigenvalue weighted by atomic mass is 19.3. The fraction of sp³-hybridized carbons (Fsp3) is 0.467. The molecule has 0 saturated heterocycles. The number of benzene rings is 1. The van der Waals surface area contributed by atoms with Gasteiger partial charge >= 0.3 is 0 Å². The van der Waals surface area contributed by atoms with Gasteiger partial charge in [0, 0.05) is 31.8 Å². The Labute approximate surface area is 125 Å². The molecule has 0 radical (unpaired) electrons. The summed E-state index contributed by atoms with van der Waals surface area (Å²) in [5, 5.41) is 7.14. The summed E-state index contributed by atoms with van der Waals surface area (Å²) < 4.78 is 41.1. The first-order valence-electron chi connectivity index (χ1n) is 7.14. The van der Waals surface area contributed by atoms with E-state index >= 15 is 0 Å². The first-order valence-corrected chi connectivity index (χ1v) is 7.14. The van der Waals surface area contributed by atoms with Crippen LogP contribution < -0.4 is 5.32 Å². The number of aromatic nitrogens is 2. The maximum absolute atomic E-state index is 13.4. The van der Waals surface area contributed by atoms with Crippen LogP contribution in [-0.4, -0.2) is 28.2 Å². The lowest BCUT2D eigenvalue weighted by Crippen LogP contribution is -2.29. The van der Waals surface area contributed by atoms with Crippen molar-refractivity contribution in [2.45, 2.75) is 25.2 Å². The van der Waals surface area contributed by atoms with Gasteiger partial charge in [-0.3, -0.25) is 9.48 Å². The maximum Gasteiger partial charge on any atom is 0.272 e. The molecule has 3 rings (SSSR count). The summed E-state index contributed by atoms with van der Waals surface area (Å²) in [5.74, 6) is -3.78. The van der Waals surface area contributed by atoms with Crippen LogP contribution in [0.25, 0.3) is 10.9 Å². The van der Waals surface area contributed by atoms with Gasteiger partial charge in [-0.25, -0.2) is 13.2 Å². The van der Waals surface area contributed by atoms with Gasteiger partial charge in [0.15, 0.2) is 5.69 Å². The Morgan fingerprint density at radius 3 is 2.95 bits per heavy atom. The number of hydrogen-bond donors (Lipinski definition) is 1. The molecule has 1 N–H and O–H groups in total. The molecule has 1 atom stereocenters. The summed E-state index contributed by atoms with van der Waals surface area (Å²) >= 11 is 0. The molecular formula is C15H16F3N3O. The van der Waals surface area contributed by atoms with Crippen molar-refractivity contribution in [3.63, 3.8) is 0 Å². The van der Waals surface area contributed by atoms with E-state index in [9.17, 15) is 18.0 Å². The molecule has 1 fully saturated rings. The maximum atomic E-state index is 13.4. The minimum Gasteiger partial charge on any atom is -0.350 e. The Balaban J connectivity index is 1.74. The van der Waals surface area contributed by atoms with Gasteiger partial charge in [-0.05, 0) is 30.5 Å². The molecule has 0 spiro atoms. The largest absolute Gasteiger partial charge is 0.350 e. The lowest BCUT2D eigenvalue weighted by atomic mass is 10.1. The van der Waals surface area contributed by atoms with E-state index in [0.717, 1.165) is 0 Å². The second kappa shape index (κ2) is 5.30. The fourth-order valence-electron chi connectivity index (χ4n) is 2.94. The molecule has 1 saturated carbocycles. The Morgan fingerprint density at radius 2 is 2.27 bits per heavy atom. The highest BCUT2D eigenvalue weighted by molar-refractivity contribution is 6.04. The van der Waals surface area contributed by atoms with E-state index in [1.54, 1.807) is 13.1 Å². The molecule has 1 amide bonds. The molecule has 7 heteroatoms. The van der Waals surface area contributed by atoms with Gasteiger partial charge in [0.05, 0.1) is 5.52 Å². The molecular weight excluding hydrogens is 295 g/mol. The van der Waals surface area contributed by atoms with Crippen LogP contribution in [0.2, 0.25) is 0 Å². The highest BCUT2D eigenvalue weighted by Crippen LogP contribution is 2.38. The standard InChI is InChI=1S/C15H16F3N3O/c1-21-12-3-2-10(16)6-11(12)13(20-21)14(22)19-8-9-4-5-15(17,18)7-9/h2-3,6,9H,4-5,7-8H2,1H3,(H,19,22). The van der Waals surface area contributed by atoms with E-state index in [2.05, 4.69) is 10.4 Å². The SMILES string of the molecule is Cn1nc(C(=O)NCC2CCC(F)(F)C2)c2cc(F)ccc21. The van der Waals surface area contributed by atoms with Gasteiger partial charge in [0.25, 0.3) is 5.91 Å². The third-order valence-corrected chi connectivity index (χ3v) is 4.08. The van der Waals surface area contributed by atoms with E-state index in [1.807, 2.05) is 0 Å². The van der Waals surface area contributed by atoms with E-state index in [-0.39, 0.29) is 31.0 Å². The second-order valence-corrected chi connectivity index (χ2v) is 5.81. The average Bonchev–Trinajstić information content (AvgIpc) is 2.96. The number of hydrogen-bond acceptors (Lipinski definition) is 2. The smallest absolute Gasteiger partial charge is 0.272 e. The molecule has 1 aromatic carbocycles. The van der Waals surface area contributed by atoms with Crippen LogP contribution in [0.4, 0.5) is 13.2 Å². The number of nitrogens with zero attached hydrogens (tertiary/aromatic N) is 2. The summed E-state index contributed by atoms with van der Waals surface area (Å²) in [6.07, 6.45) is 0.0566. The van der Waals surface area contributed by atoms with Crippen LogP contribution in [0, 0.1) is 11.7 Å². The molecule has 1 unspecified atom stereocenters. The molecule has 4 nitrogen and oxygen atoms in total. The number of rotatable bonds is 3. The van der Waals surface area contributed by atoms with Crippen molar-refractivity contribution in [2.75, 3.05) is 6.54 Å². The molecule has 0 bridgehead atoms. The highest BCUT2D eigenvalue weighted by Gasteiger charge is 2.39. The predicted octanol–water partition coefficient (Wildman–Crippen LogP) is 2.88. The number of alkyl halides is 2. The van der Waals surface area contributed by atoms with Crippen molar-refractivity contribution in [2.24, 2.45) is 13.0 Å². The zero-order valence-corrected chi connectivity index (χ0v) is 12.1. The Bertz CT molecular complexity index is 726. The van der Waals surface area contributed by atoms with Crippen LogP contribution in [0.1, 0.15) is 29.8 Å². The first-order chi connectivity index (χ1) is 10.4. The van der Waals surface area contributed by atoms with Crippen molar-refractivity contribution in [3.05, 3.63) is 29.7 Å². The fourth-order valence-corrected chi connectivity index (χ4v) is 2.94. The summed E-state index contributed by atoms with van der Waals surface area (Å²) in [6.45, 7) is 0.182. The molecule has 0 aliphatic heterocycles. The molecule has 1 aliphatic carbocycles. The van der Waals surface area contributed by atoms with Gasteiger partial charge in [-0.15, -0.1) is 0 Å². The molecule has 1 heterocycles. The average molecular weight is 311 g/mol. The number of aryl methyl sites for hydroxylation is 1. The summed E-state index contributed by atoms with van der Waals surface area (Å²) in [6, 6.07) is 4.10. The van der Waals surface area contributed by atoms with Crippen molar-refractivity contribution >= 4 is 16.8 Å². The Kier molecular flexibility index (Phi) is 3.58. The number of fused-ring (bicyclic) bond motifs is 1. The number of amides is 1. The molecule has 1 aromatic heterocycles. The molecule has 22 heavy (non-hydrogen) atoms. The summed E-state index contributed by atoms with van der Waals surface area (Å²) in [7, 11) is 1.66. The Morgan fingerprint density at radius 1 is 1.50 bits per heavy atom. The molecule has 2 aromatic rings. The van der Waals surface area contributed by atoms with Gasteiger partial charge in [0.1, 0.15) is 5.82 Å². The summed E-state index contributed by atoms with van der Waals surface area (Å²) in [5.41, 5.74) is 0.751. The van der Waals surface area contributed by atoms with Crippen molar-refractivity contribution in [1.29, 1.82) is 0 Å². The molecule has 1 aliphatic rings. The van der Waals surface area contributed by atoms with Crippen LogP contribution in [0.3, 0.4) is 0 Å². The van der Waals surface area contributed by atoms with Crippen LogP contribution in [0.5, 0.6) is 0 Å². The van der Waals surface area contributed by atoms with Crippen molar-refractivity contribution < 1.29 is 18.0 Å². The van der Waals surface area contributed by atoms with Crippen LogP contribution >= 0.6 is 0 Å². The Hall–Kier alpha value is -2.05. The second-order valence-electron chi connectivity index (χ2n) is 5.81. The van der Waals surface area contributed by atoms with E-state index < -0.39 is 17.6 Å². The third kappa shape index (κ3) is 2.80. The van der Waals surface area contributed by atoms with Gasteiger partial charge in [-0.2, -0.15) is 5.10 Å². The zero-order chi connectivity index (χ0) is 15.9. The molecule has 118 valence electrons. The minimum absolute atomic E-state index is 0.113. The lowest BCUT2D eigenvalue weighted by molar-refractivity contribution is 0.00504. The quantitative estimate of drug-likeness (QED) is 0.947. The van der Waals surface area contributed by atoms with E-state index in [4.69, 9.17) is 0 Å². The first kappa shape index (κ1) is 14.9. The minimum atomic E-state index is -2.63. The van der Waals surface area contributed by atoms with E-state index in [1.165, 1.54) is 16.8 Å². The van der Waals surface area contributed by atoms with Gasteiger partial charge < -0.3 is 5.32 Å². The normalized spacial score (nSPS) is 20.5. The monoisotopic (exact) mass is 311 g/mol. The van der Waals surface area contributed by atoms with Gasteiger partial charge in [0.2, 0.25) is 5.92 Å². The van der Waals surface area contributed by atoms with Crippen LogP contribution in [-0.2, 0) is 7.05 Å². The van der Waals surface area contributed by atoms with E-state index in [0.29, 0.717) is 17.3 Å². The third-order valence-electron chi connectivity index (χ3n) is 4.08. The number of carbonyl (C=O) groups is 1. The number of carbonyl (C=O) groups excluding carboxylic acids is 1. The van der Waals surface area contributed by atoms with Crippen molar-refractivity contribution in [3.8, 4) is 0 Å². The predicted molar refractivity (Wildman–Crippen MR) is 75.3 cm³/mol. The summed E-state index contributed by atoms with van der Waals surface area (Å²) in [4.78, 5) is 12.2. The van der Waals surface area contributed by atoms with Gasteiger partial charge in [-0.1, -0.05) is 0 Å². The lowest BCUT2D eigenvalue weighted by Gasteiger charge is -2.11.